The highest BCUT2D eigenvalue weighted by atomic mass is 79.9. The molecule has 0 bridgehead atoms. The van der Waals surface area contributed by atoms with E-state index in [0.717, 1.165) is 16.7 Å². The van der Waals surface area contributed by atoms with Gasteiger partial charge < -0.3 is 0 Å². The van der Waals surface area contributed by atoms with Crippen molar-refractivity contribution in [3.05, 3.63) is 20.8 Å². The van der Waals surface area contributed by atoms with Crippen LogP contribution in [0.2, 0.25) is 0 Å². The third kappa shape index (κ3) is 0.902. The lowest BCUT2D eigenvalue weighted by atomic mass is 10.6. The van der Waals surface area contributed by atoms with Crippen LogP contribution in [0.25, 0.3) is 0 Å². The summed E-state index contributed by atoms with van der Waals surface area (Å²) in [7, 11) is 0. The van der Waals surface area contributed by atoms with Crippen molar-refractivity contribution in [2.24, 2.45) is 0 Å². The standard InChI is InChI=1S/C4HBrF2S/c5-4-3(7)2(6)1-8-4/h1H. The van der Waals surface area contributed by atoms with Crippen LogP contribution < -0.4 is 0 Å². The van der Waals surface area contributed by atoms with Crippen molar-refractivity contribution in [1.82, 2.24) is 0 Å². The Labute approximate surface area is 57.3 Å². The monoisotopic (exact) mass is 198 g/mol. The summed E-state index contributed by atoms with van der Waals surface area (Å²) in [5, 5.41) is 1.11. The van der Waals surface area contributed by atoms with E-state index >= 15 is 0 Å². The average Bonchev–Trinajstić information content (AvgIpc) is 1.98. The predicted molar refractivity (Wildman–Crippen MR) is 31.9 cm³/mol. The molecule has 0 aliphatic carbocycles. The molecule has 1 rings (SSSR count). The van der Waals surface area contributed by atoms with Crippen LogP contribution in [0, 0.1) is 11.6 Å². The van der Waals surface area contributed by atoms with E-state index in [-0.39, 0.29) is 3.79 Å². The first-order chi connectivity index (χ1) is 3.72. The Bertz CT molecular complexity index is 176. The van der Waals surface area contributed by atoms with Gasteiger partial charge in [-0.15, -0.1) is 11.3 Å². The second-order valence-electron chi connectivity index (χ2n) is 1.17. The summed E-state index contributed by atoms with van der Waals surface area (Å²) in [5.41, 5.74) is 0. The molecule has 0 atom stereocenters. The highest BCUT2D eigenvalue weighted by Crippen LogP contribution is 2.24. The second-order valence-corrected chi connectivity index (χ2v) is 3.37. The maximum Gasteiger partial charge on any atom is 0.183 e. The molecular formula is C4HBrF2S. The van der Waals surface area contributed by atoms with Crippen LogP contribution in [0.3, 0.4) is 0 Å². The Balaban J connectivity index is 3.19. The zero-order valence-electron chi connectivity index (χ0n) is 3.62. The fourth-order valence-electron chi connectivity index (χ4n) is 0.301. The maximum atomic E-state index is 12.1. The van der Waals surface area contributed by atoms with Gasteiger partial charge in [0.05, 0.1) is 0 Å². The Kier molecular flexibility index (Phi) is 1.62. The first kappa shape index (κ1) is 6.16. The smallest absolute Gasteiger partial charge is 0.183 e. The van der Waals surface area contributed by atoms with Gasteiger partial charge in [-0.25, -0.2) is 8.78 Å². The van der Waals surface area contributed by atoms with Crippen molar-refractivity contribution in [3.8, 4) is 0 Å². The van der Waals surface area contributed by atoms with Gasteiger partial charge in [0.25, 0.3) is 0 Å². The van der Waals surface area contributed by atoms with Crippen LogP contribution in [0.1, 0.15) is 0 Å². The molecule has 1 aromatic rings. The van der Waals surface area contributed by atoms with Crippen molar-refractivity contribution in [1.29, 1.82) is 0 Å². The lowest BCUT2D eigenvalue weighted by molar-refractivity contribution is 0.513. The van der Waals surface area contributed by atoms with Crippen molar-refractivity contribution in [2.75, 3.05) is 0 Å². The molecule has 0 unspecified atom stereocenters. The highest BCUT2D eigenvalue weighted by Gasteiger charge is 2.06. The van der Waals surface area contributed by atoms with E-state index in [1.807, 2.05) is 0 Å². The van der Waals surface area contributed by atoms with Crippen LogP contribution in [0.5, 0.6) is 0 Å². The summed E-state index contributed by atoms with van der Waals surface area (Å²) in [6.45, 7) is 0. The third-order valence-electron chi connectivity index (χ3n) is 0.648. The minimum absolute atomic E-state index is 0.218. The summed E-state index contributed by atoms with van der Waals surface area (Å²) in [6.07, 6.45) is 0. The molecule has 0 saturated carbocycles. The number of rotatable bonds is 0. The molecule has 0 amide bonds. The van der Waals surface area contributed by atoms with Gasteiger partial charge >= 0.3 is 0 Å². The summed E-state index contributed by atoms with van der Waals surface area (Å²) < 4.78 is 24.2. The second kappa shape index (κ2) is 2.11. The normalized spacial score (nSPS) is 9.88. The van der Waals surface area contributed by atoms with Gasteiger partial charge in [-0.1, -0.05) is 0 Å². The molecule has 0 radical (unpaired) electrons. The SMILES string of the molecule is Fc1csc(Br)c1F. The van der Waals surface area contributed by atoms with Gasteiger partial charge in [0.1, 0.15) is 3.79 Å². The highest BCUT2D eigenvalue weighted by molar-refractivity contribution is 9.11. The zero-order valence-corrected chi connectivity index (χ0v) is 6.02. The lowest BCUT2D eigenvalue weighted by Crippen LogP contribution is -1.70. The summed E-state index contributed by atoms with van der Waals surface area (Å²) in [4.78, 5) is 0. The average molecular weight is 199 g/mol. The Morgan fingerprint density at radius 2 is 2.12 bits per heavy atom. The van der Waals surface area contributed by atoms with Gasteiger partial charge in [0.2, 0.25) is 0 Å². The summed E-state index contributed by atoms with van der Waals surface area (Å²) in [6, 6.07) is 0. The van der Waals surface area contributed by atoms with Gasteiger partial charge in [-0.2, -0.15) is 0 Å². The molecule has 0 fully saturated rings. The van der Waals surface area contributed by atoms with Gasteiger partial charge in [0.15, 0.2) is 11.6 Å². The number of hydrogen-bond acceptors (Lipinski definition) is 1. The van der Waals surface area contributed by atoms with E-state index < -0.39 is 11.6 Å². The van der Waals surface area contributed by atoms with Crippen molar-refractivity contribution < 1.29 is 8.78 Å². The predicted octanol–water partition coefficient (Wildman–Crippen LogP) is 2.79. The van der Waals surface area contributed by atoms with Crippen LogP contribution in [0.4, 0.5) is 8.78 Å². The molecule has 0 N–H and O–H groups in total. The van der Waals surface area contributed by atoms with E-state index in [4.69, 9.17) is 0 Å². The molecule has 1 aromatic heterocycles. The molecule has 0 saturated heterocycles. The van der Waals surface area contributed by atoms with Crippen molar-refractivity contribution >= 4 is 27.3 Å². The molecule has 0 aliphatic heterocycles. The summed E-state index contributed by atoms with van der Waals surface area (Å²) in [5.74, 6) is -1.59. The van der Waals surface area contributed by atoms with Gasteiger partial charge in [0, 0.05) is 5.38 Å². The van der Waals surface area contributed by atoms with Crippen LogP contribution in [-0.2, 0) is 0 Å². The fourth-order valence-corrected chi connectivity index (χ4v) is 1.28. The van der Waals surface area contributed by atoms with Crippen molar-refractivity contribution in [2.45, 2.75) is 0 Å². The fraction of sp³-hybridized carbons (Fsp3) is 0. The molecule has 44 valence electrons. The molecule has 0 nitrogen and oxygen atoms in total. The molecule has 0 spiro atoms. The van der Waals surface area contributed by atoms with Crippen LogP contribution >= 0.6 is 27.3 Å². The third-order valence-corrected chi connectivity index (χ3v) is 2.27. The van der Waals surface area contributed by atoms with Crippen molar-refractivity contribution in [3.63, 3.8) is 0 Å². The number of halogens is 3. The van der Waals surface area contributed by atoms with E-state index in [0.29, 0.717) is 0 Å². The minimum Gasteiger partial charge on any atom is -0.203 e. The van der Waals surface area contributed by atoms with Crippen LogP contribution in [-0.4, -0.2) is 0 Å². The first-order valence-corrected chi connectivity index (χ1v) is 3.47. The van der Waals surface area contributed by atoms with Gasteiger partial charge in [-0.05, 0) is 15.9 Å². The van der Waals surface area contributed by atoms with E-state index in [2.05, 4.69) is 15.9 Å². The molecule has 1 heterocycles. The Morgan fingerprint density at radius 3 is 2.25 bits per heavy atom. The van der Waals surface area contributed by atoms with Crippen LogP contribution in [0.15, 0.2) is 9.17 Å². The topological polar surface area (TPSA) is 0 Å². The quantitative estimate of drug-likeness (QED) is 0.602. The Hall–Kier alpha value is 0.0400. The first-order valence-electron chi connectivity index (χ1n) is 1.80. The maximum absolute atomic E-state index is 12.1. The molecule has 4 heteroatoms. The van der Waals surface area contributed by atoms with Gasteiger partial charge in [-0.3, -0.25) is 0 Å². The largest absolute Gasteiger partial charge is 0.203 e. The summed E-state index contributed by atoms with van der Waals surface area (Å²) >= 11 is 3.82. The molecule has 0 aromatic carbocycles. The van der Waals surface area contributed by atoms with E-state index in [9.17, 15) is 8.78 Å². The minimum atomic E-state index is -0.796. The Morgan fingerprint density at radius 1 is 1.50 bits per heavy atom. The number of thiophene rings is 1. The molecular weight excluding hydrogens is 198 g/mol. The van der Waals surface area contributed by atoms with E-state index in [1.54, 1.807) is 0 Å². The molecule has 0 aliphatic rings. The lowest BCUT2D eigenvalue weighted by Gasteiger charge is -1.76. The number of hydrogen-bond donors (Lipinski definition) is 0. The van der Waals surface area contributed by atoms with E-state index in [1.165, 1.54) is 0 Å². The molecule has 8 heavy (non-hydrogen) atoms. The zero-order chi connectivity index (χ0) is 6.15.